The number of nitrogens with one attached hydrogen (secondary N) is 2. The van der Waals surface area contributed by atoms with Crippen molar-refractivity contribution in [3.8, 4) is 5.69 Å². The molecule has 294 valence electrons. The zero-order chi connectivity index (χ0) is 39.3. The maximum Gasteiger partial charge on any atom is 0.229 e. The first-order chi connectivity index (χ1) is 27.8. The molecule has 5 aromatic heterocycles. The Morgan fingerprint density at radius 2 is 1.42 bits per heavy atom. The summed E-state index contributed by atoms with van der Waals surface area (Å²) in [6.07, 6.45) is 16.6. The van der Waals surface area contributed by atoms with Crippen molar-refractivity contribution in [1.29, 1.82) is 0 Å². The first-order valence-corrected chi connectivity index (χ1v) is 19.0. The molecule has 0 saturated carbocycles. The van der Waals surface area contributed by atoms with E-state index in [0.29, 0.717) is 64.3 Å². The van der Waals surface area contributed by atoms with Crippen molar-refractivity contribution in [2.75, 3.05) is 42.8 Å². The van der Waals surface area contributed by atoms with Crippen LogP contribution in [0.3, 0.4) is 0 Å². The van der Waals surface area contributed by atoms with E-state index in [-0.39, 0.29) is 10.0 Å². The molecule has 2 saturated heterocycles. The molecule has 4 N–H and O–H groups in total. The van der Waals surface area contributed by atoms with Gasteiger partial charge in [0.2, 0.25) is 5.95 Å². The van der Waals surface area contributed by atoms with Gasteiger partial charge >= 0.3 is 0 Å². The van der Waals surface area contributed by atoms with Crippen molar-refractivity contribution in [2.45, 2.75) is 44.2 Å². The molecule has 15 nitrogen and oxygen atoms in total. The molecule has 7 heterocycles. The Hall–Kier alpha value is -5.75. The van der Waals surface area contributed by atoms with E-state index in [9.17, 15) is 8.78 Å². The number of halogens is 4. The predicted octanol–water partition coefficient (Wildman–Crippen LogP) is 7.63. The van der Waals surface area contributed by atoms with Gasteiger partial charge in [0.05, 0.1) is 64.0 Å². The van der Waals surface area contributed by atoms with Crippen LogP contribution in [-0.4, -0.2) is 75.5 Å². The van der Waals surface area contributed by atoms with E-state index in [4.69, 9.17) is 38.4 Å². The number of anilines is 5. The summed E-state index contributed by atoms with van der Waals surface area (Å²) in [6.45, 7) is 3.03. The van der Waals surface area contributed by atoms with Crippen molar-refractivity contribution in [2.24, 2.45) is 0 Å². The first kappa shape index (κ1) is 38.1. The number of rotatable bonds is 9. The van der Waals surface area contributed by atoms with Gasteiger partial charge in [0.15, 0.2) is 11.5 Å². The number of benzene rings is 2. The Balaban J connectivity index is 0.000000160. The summed E-state index contributed by atoms with van der Waals surface area (Å²) in [5.74, 6) is 0.403. The number of fused-ring (bicyclic) bond motifs is 1. The lowest BCUT2D eigenvalue weighted by Gasteiger charge is -2.22. The lowest BCUT2D eigenvalue weighted by atomic mass is 10.1. The molecule has 2 fully saturated rings. The van der Waals surface area contributed by atoms with Gasteiger partial charge in [0.25, 0.3) is 0 Å². The van der Waals surface area contributed by atoms with Crippen LogP contribution in [0.15, 0.2) is 79.9 Å². The molecule has 0 amide bonds. The highest BCUT2D eigenvalue weighted by molar-refractivity contribution is 6.31. The number of nitrogen functional groups attached to an aromatic ring is 1. The maximum atomic E-state index is 13.9. The highest BCUT2D eigenvalue weighted by atomic mass is 35.5. The van der Waals surface area contributed by atoms with Crippen LogP contribution >= 0.6 is 23.2 Å². The average Bonchev–Trinajstić information content (AvgIpc) is 4.00. The third-order valence-corrected chi connectivity index (χ3v) is 10.1. The van der Waals surface area contributed by atoms with Gasteiger partial charge < -0.3 is 25.8 Å². The van der Waals surface area contributed by atoms with Crippen molar-refractivity contribution in [1.82, 2.24) is 49.0 Å². The molecule has 0 spiro atoms. The Bertz CT molecular complexity index is 2480. The molecule has 19 heteroatoms. The molecular formula is C38H37Cl2F2N13O2. The second kappa shape index (κ2) is 17.2. The highest BCUT2D eigenvalue weighted by Gasteiger charge is 2.19. The normalized spacial score (nSPS) is 15.0. The lowest BCUT2D eigenvalue weighted by molar-refractivity contribution is 0.0661. The van der Waals surface area contributed by atoms with Crippen LogP contribution in [0, 0.1) is 11.6 Å². The molecule has 2 aliphatic heterocycles. The van der Waals surface area contributed by atoms with Gasteiger partial charge in [-0.2, -0.15) is 15.2 Å². The minimum atomic E-state index is -0.514. The number of nitrogens with zero attached hydrogens (tertiary/aromatic N) is 10. The van der Waals surface area contributed by atoms with Gasteiger partial charge in [-0.15, -0.1) is 0 Å². The summed E-state index contributed by atoms with van der Waals surface area (Å²) in [4.78, 5) is 21.9. The second-order valence-electron chi connectivity index (χ2n) is 13.5. The molecule has 9 rings (SSSR count). The minimum absolute atomic E-state index is 0.0587. The standard InChI is InChI=1S/C19H17ClFN7O.C19H20ClFN6O/c20-15-2-1-14(7-16(15)21)27-11-23-17-9-22-19(26-18(17)27)25-12-8-24-28(10-12)13-3-5-29-6-4-13;20-15-2-1-13(8-16(15)21)25-19-17(22)10-23-18(26-19)7-12-9-24-27(11-12)14-3-5-28-6-4-14/h1-2,7-11,13H,3-6H2,(H,22,25,26);1-2,8-11,14H,3-7,22H2,(H,23,25,26). The third kappa shape index (κ3) is 9.12. The molecule has 0 bridgehead atoms. The van der Waals surface area contributed by atoms with Gasteiger partial charge in [-0.1, -0.05) is 23.2 Å². The number of hydrogen-bond donors (Lipinski definition) is 3. The van der Waals surface area contributed by atoms with E-state index in [1.54, 1.807) is 41.6 Å². The quantitative estimate of drug-likeness (QED) is 0.130. The van der Waals surface area contributed by atoms with Gasteiger partial charge in [-0.05, 0) is 67.6 Å². The topological polar surface area (TPSA) is 174 Å². The van der Waals surface area contributed by atoms with Crippen molar-refractivity contribution >= 4 is 63.2 Å². The Labute approximate surface area is 335 Å². The number of hydrogen-bond acceptors (Lipinski definition) is 12. The van der Waals surface area contributed by atoms with Crippen LogP contribution in [0.25, 0.3) is 16.9 Å². The summed E-state index contributed by atoms with van der Waals surface area (Å²) >= 11 is 11.5. The lowest BCUT2D eigenvalue weighted by Crippen LogP contribution is -2.19. The zero-order valence-corrected chi connectivity index (χ0v) is 31.9. The number of ether oxygens (including phenoxy) is 2. The van der Waals surface area contributed by atoms with Gasteiger partial charge in [0.1, 0.15) is 29.3 Å². The van der Waals surface area contributed by atoms with Crippen LogP contribution < -0.4 is 16.4 Å². The fraction of sp³-hybridized carbons (Fsp3) is 0.289. The van der Waals surface area contributed by atoms with E-state index >= 15 is 0 Å². The zero-order valence-electron chi connectivity index (χ0n) is 30.4. The van der Waals surface area contributed by atoms with Crippen LogP contribution in [0.2, 0.25) is 10.0 Å². The van der Waals surface area contributed by atoms with E-state index < -0.39 is 11.6 Å². The number of aromatic nitrogens is 10. The predicted molar refractivity (Wildman–Crippen MR) is 211 cm³/mol. The van der Waals surface area contributed by atoms with E-state index in [0.717, 1.165) is 63.4 Å². The van der Waals surface area contributed by atoms with Crippen LogP contribution in [0.5, 0.6) is 0 Å². The maximum absolute atomic E-state index is 13.9. The van der Waals surface area contributed by atoms with E-state index in [1.807, 2.05) is 28.0 Å². The number of imidazole rings is 1. The highest BCUT2D eigenvalue weighted by Crippen LogP contribution is 2.27. The van der Waals surface area contributed by atoms with Gasteiger partial charge in [-0.25, -0.2) is 28.7 Å². The summed E-state index contributed by atoms with van der Waals surface area (Å²) in [5, 5.41) is 15.2. The van der Waals surface area contributed by atoms with E-state index in [1.165, 1.54) is 24.3 Å². The van der Waals surface area contributed by atoms with Gasteiger partial charge in [0, 0.05) is 50.9 Å². The van der Waals surface area contributed by atoms with Crippen molar-refractivity contribution in [3.63, 3.8) is 0 Å². The number of nitrogens with two attached hydrogens (primary N) is 1. The van der Waals surface area contributed by atoms with Crippen LogP contribution in [-0.2, 0) is 15.9 Å². The van der Waals surface area contributed by atoms with Gasteiger partial charge in [-0.3, -0.25) is 13.9 Å². The summed E-state index contributed by atoms with van der Waals surface area (Å²) in [7, 11) is 0. The van der Waals surface area contributed by atoms with Crippen LogP contribution in [0.4, 0.5) is 37.6 Å². The SMILES string of the molecule is Fc1cc(-n2cnc3cnc(Nc4cnn(C5CCOCC5)c4)nc32)ccc1Cl.Nc1cnc(Cc2cnn(C3CCOCC3)c2)nc1Nc1ccc(Cl)c(F)c1. The molecule has 57 heavy (non-hydrogen) atoms. The second-order valence-corrected chi connectivity index (χ2v) is 14.3. The molecule has 0 aliphatic carbocycles. The molecule has 0 unspecified atom stereocenters. The molecule has 0 atom stereocenters. The Morgan fingerprint density at radius 1 is 0.737 bits per heavy atom. The fourth-order valence-corrected chi connectivity index (χ4v) is 6.73. The monoisotopic (exact) mass is 815 g/mol. The first-order valence-electron chi connectivity index (χ1n) is 18.2. The van der Waals surface area contributed by atoms with Crippen molar-refractivity contribution < 1.29 is 18.3 Å². The molecular weight excluding hydrogens is 779 g/mol. The molecule has 7 aromatic rings. The van der Waals surface area contributed by atoms with Crippen LogP contribution in [0.1, 0.15) is 49.2 Å². The Morgan fingerprint density at radius 3 is 2.14 bits per heavy atom. The summed E-state index contributed by atoms with van der Waals surface area (Å²) < 4.78 is 43.9. The van der Waals surface area contributed by atoms with Crippen molar-refractivity contribution in [3.05, 3.63) is 113 Å². The Kier molecular flexibility index (Phi) is 11.5. The molecule has 0 radical (unpaired) electrons. The summed E-state index contributed by atoms with van der Waals surface area (Å²) in [6, 6.07) is 9.68. The smallest absolute Gasteiger partial charge is 0.229 e. The molecule has 2 aliphatic rings. The minimum Gasteiger partial charge on any atom is -0.394 e. The largest absolute Gasteiger partial charge is 0.394 e. The van der Waals surface area contributed by atoms with E-state index in [2.05, 4.69) is 45.8 Å². The summed E-state index contributed by atoms with van der Waals surface area (Å²) in [5.41, 5.74) is 10.4. The fourth-order valence-electron chi connectivity index (χ4n) is 6.50. The molecule has 2 aromatic carbocycles. The average molecular weight is 817 g/mol. The third-order valence-electron chi connectivity index (χ3n) is 9.53.